The van der Waals surface area contributed by atoms with Gasteiger partial charge in [0.2, 0.25) is 5.91 Å². The van der Waals surface area contributed by atoms with Gasteiger partial charge in [-0.05, 0) is 49.3 Å². The summed E-state index contributed by atoms with van der Waals surface area (Å²) in [5.74, 6) is -1.25. The zero-order chi connectivity index (χ0) is 22.7. The number of ether oxygens (including phenoxy) is 1. The van der Waals surface area contributed by atoms with E-state index in [1.54, 1.807) is 12.1 Å². The molecule has 2 heterocycles. The molecule has 0 radical (unpaired) electrons. The average molecular weight is 441 g/mol. The fourth-order valence-electron chi connectivity index (χ4n) is 5.07. The van der Waals surface area contributed by atoms with Gasteiger partial charge in [0.15, 0.2) is 0 Å². The van der Waals surface area contributed by atoms with Crippen LogP contribution in [0.1, 0.15) is 37.3 Å². The Hall–Kier alpha value is -2.77. The maximum atomic E-state index is 15.7. The maximum Gasteiger partial charge on any atom is 0.303 e. The summed E-state index contributed by atoms with van der Waals surface area (Å²) in [5.41, 5.74) is 2.27. The van der Waals surface area contributed by atoms with Crippen molar-refractivity contribution in [3.63, 3.8) is 0 Å². The molecule has 1 spiro atoms. The van der Waals surface area contributed by atoms with Crippen LogP contribution in [0.3, 0.4) is 0 Å². The first-order chi connectivity index (χ1) is 15.4. The van der Waals surface area contributed by atoms with Crippen molar-refractivity contribution in [3.8, 4) is 11.1 Å². The van der Waals surface area contributed by atoms with Gasteiger partial charge in [-0.3, -0.25) is 9.59 Å². The SMILES string of the molecule is CC1CC2(COCC(=O)N2)C(Cc2cccc(-c3ccccc3CCCC(=O)O)c2F)N1. The summed E-state index contributed by atoms with van der Waals surface area (Å²) in [7, 11) is 0. The van der Waals surface area contributed by atoms with E-state index in [0.717, 1.165) is 17.5 Å². The number of rotatable bonds is 7. The van der Waals surface area contributed by atoms with Crippen molar-refractivity contribution in [2.75, 3.05) is 13.2 Å². The summed E-state index contributed by atoms with van der Waals surface area (Å²) < 4.78 is 21.3. The molecule has 170 valence electrons. The molecule has 0 aliphatic carbocycles. The van der Waals surface area contributed by atoms with Crippen molar-refractivity contribution in [1.29, 1.82) is 0 Å². The lowest BCUT2D eigenvalue weighted by Gasteiger charge is -2.39. The molecule has 0 aromatic heterocycles. The summed E-state index contributed by atoms with van der Waals surface area (Å²) in [5, 5.41) is 15.5. The minimum absolute atomic E-state index is 0.0609. The van der Waals surface area contributed by atoms with Crippen LogP contribution in [-0.4, -0.2) is 47.8 Å². The number of nitrogens with one attached hydrogen (secondary N) is 2. The molecule has 2 fully saturated rings. The van der Waals surface area contributed by atoms with E-state index in [1.807, 2.05) is 30.3 Å². The van der Waals surface area contributed by atoms with Crippen LogP contribution >= 0.6 is 0 Å². The molecule has 2 aliphatic rings. The van der Waals surface area contributed by atoms with E-state index in [9.17, 15) is 9.59 Å². The third-order valence-corrected chi connectivity index (χ3v) is 6.45. The molecule has 4 rings (SSSR count). The van der Waals surface area contributed by atoms with E-state index in [-0.39, 0.29) is 36.8 Å². The van der Waals surface area contributed by atoms with Gasteiger partial charge in [0.05, 0.1) is 12.1 Å². The molecule has 2 aromatic carbocycles. The number of carboxylic acid groups (broad SMARTS) is 1. The van der Waals surface area contributed by atoms with Crippen LogP contribution < -0.4 is 10.6 Å². The van der Waals surface area contributed by atoms with Crippen LogP contribution in [0.2, 0.25) is 0 Å². The highest BCUT2D eigenvalue weighted by Crippen LogP contribution is 2.33. The third kappa shape index (κ3) is 4.69. The van der Waals surface area contributed by atoms with E-state index in [2.05, 4.69) is 17.6 Å². The number of amides is 1. The first-order valence-electron chi connectivity index (χ1n) is 11.1. The number of hydrogen-bond acceptors (Lipinski definition) is 4. The maximum absolute atomic E-state index is 15.7. The molecule has 32 heavy (non-hydrogen) atoms. The Morgan fingerprint density at radius 2 is 1.94 bits per heavy atom. The molecular formula is C25H29FN2O4. The van der Waals surface area contributed by atoms with Gasteiger partial charge >= 0.3 is 5.97 Å². The van der Waals surface area contributed by atoms with E-state index in [0.29, 0.717) is 37.0 Å². The number of halogens is 1. The first kappa shape index (κ1) is 22.4. The Bertz CT molecular complexity index is 1010. The van der Waals surface area contributed by atoms with Crippen molar-refractivity contribution in [1.82, 2.24) is 10.6 Å². The van der Waals surface area contributed by atoms with Crippen molar-refractivity contribution < 1.29 is 23.8 Å². The Kier molecular flexibility index (Phi) is 6.58. The smallest absolute Gasteiger partial charge is 0.303 e. The predicted molar refractivity (Wildman–Crippen MR) is 119 cm³/mol. The summed E-state index contributed by atoms with van der Waals surface area (Å²) >= 11 is 0. The molecule has 2 aliphatic heterocycles. The van der Waals surface area contributed by atoms with Gasteiger partial charge in [-0.15, -0.1) is 0 Å². The van der Waals surface area contributed by atoms with Gasteiger partial charge in [-0.1, -0.05) is 42.5 Å². The summed E-state index contributed by atoms with van der Waals surface area (Å²) in [6.07, 6.45) is 2.31. The highest BCUT2D eigenvalue weighted by atomic mass is 19.1. The highest BCUT2D eigenvalue weighted by Gasteiger charge is 2.49. The second kappa shape index (κ2) is 9.38. The Balaban J connectivity index is 1.60. The molecule has 1 amide bonds. The molecule has 3 atom stereocenters. The van der Waals surface area contributed by atoms with E-state index >= 15 is 4.39 Å². The van der Waals surface area contributed by atoms with Crippen molar-refractivity contribution in [2.45, 2.75) is 56.7 Å². The third-order valence-electron chi connectivity index (χ3n) is 6.45. The van der Waals surface area contributed by atoms with Crippen LogP contribution in [-0.2, 0) is 27.2 Å². The zero-order valence-electron chi connectivity index (χ0n) is 18.2. The summed E-state index contributed by atoms with van der Waals surface area (Å²) in [4.78, 5) is 22.9. The number of carbonyl (C=O) groups is 2. The molecule has 2 aromatic rings. The zero-order valence-corrected chi connectivity index (χ0v) is 18.2. The average Bonchev–Trinajstić information content (AvgIpc) is 3.03. The number of carbonyl (C=O) groups excluding carboxylic acids is 1. The van der Waals surface area contributed by atoms with Crippen LogP contribution in [0.5, 0.6) is 0 Å². The Morgan fingerprint density at radius 3 is 2.72 bits per heavy atom. The molecule has 3 N–H and O–H groups in total. The van der Waals surface area contributed by atoms with Gasteiger partial charge in [-0.25, -0.2) is 4.39 Å². The second-order valence-electron chi connectivity index (χ2n) is 8.91. The number of aliphatic carboxylic acids is 1. The summed E-state index contributed by atoms with van der Waals surface area (Å²) in [6.45, 7) is 2.53. The lowest BCUT2D eigenvalue weighted by Crippen LogP contribution is -2.63. The largest absolute Gasteiger partial charge is 0.481 e. The van der Waals surface area contributed by atoms with Crippen molar-refractivity contribution in [2.24, 2.45) is 0 Å². The normalized spacial score (nSPS) is 25.1. The van der Waals surface area contributed by atoms with Crippen molar-refractivity contribution in [3.05, 3.63) is 59.4 Å². The first-order valence-corrected chi connectivity index (χ1v) is 11.1. The topological polar surface area (TPSA) is 87.7 Å². The summed E-state index contributed by atoms with van der Waals surface area (Å²) in [6, 6.07) is 13.0. The van der Waals surface area contributed by atoms with E-state index < -0.39 is 11.5 Å². The molecule has 7 heteroatoms. The molecule has 0 saturated carbocycles. The van der Waals surface area contributed by atoms with Gasteiger partial charge in [-0.2, -0.15) is 0 Å². The van der Waals surface area contributed by atoms with Gasteiger partial charge < -0.3 is 20.5 Å². The molecule has 3 unspecified atom stereocenters. The predicted octanol–water partition coefficient (Wildman–Crippen LogP) is 3.08. The van der Waals surface area contributed by atoms with Gasteiger partial charge in [0.25, 0.3) is 0 Å². The number of hydrogen-bond donors (Lipinski definition) is 3. The van der Waals surface area contributed by atoms with Gasteiger partial charge in [0, 0.05) is 24.1 Å². The Morgan fingerprint density at radius 1 is 1.19 bits per heavy atom. The Labute approximate surface area is 187 Å². The van der Waals surface area contributed by atoms with Crippen LogP contribution in [0.25, 0.3) is 11.1 Å². The fourth-order valence-corrected chi connectivity index (χ4v) is 5.07. The van der Waals surface area contributed by atoms with E-state index in [1.165, 1.54) is 0 Å². The standard InChI is InChI=1S/C25H29FN2O4/c1-16-13-25(15-32-14-22(29)28-25)21(27-16)12-18-8-4-10-20(24(18)26)19-9-3-2-6-17(19)7-5-11-23(30)31/h2-4,6,8-10,16,21,27H,5,7,11-15H2,1H3,(H,28,29)(H,30,31). The van der Waals surface area contributed by atoms with Crippen LogP contribution in [0, 0.1) is 5.82 Å². The highest BCUT2D eigenvalue weighted by molar-refractivity contribution is 5.79. The minimum Gasteiger partial charge on any atom is -0.481 e. The number of benzene rings is 2. The number of carboxylic acids is 1. The van der Waals surface area contributed by atoms with Crippen molar-refractivity contribution >= 4 is 11.9 Å². The number of aryl methyl sites for hydroxylation is 1. The fraction of sp³-hybridized carbons (Fsp3) is 0.440. The molecule has 0 bridgehead atoms. The minimum atomic E-state index is -0.832. The van der Waals surface area contributed by atoms with Crippen LogP contribution in [0.15, 0.2) is 42.5 Å². The molecule has 6 nitrogen and oxygen atoms in total. The lowest BCUT2D eigenvalue weighted by atomic mass is 9.84. The van der Waals surface area contributed by atoms with E-state index in [4.69, 9.17) is 9.84 Å². The van der Waals surface area contributed by atoms with Gasteiger partial charge in [0.1, 0.15) is 12.4 Å². The van der Waals surface area contributed by atoms with Crippen LogP contribution in [0.4, 0.5) is 4.39 Å². The number of morpholine rings is 1. The lowest BCUT2D eigenvalue weighted by molar-refractivity contribution is -0.137. The monoisotopic (exact) mass is 440 g/mol. The molecular weight excluding hydrogens is 411 g/mol. The quantitative estimate of drug-likeness (QED) is 0.616. The second-order valence-corrected chi connectivity index (χ2v) is 8.91. The molecule has 2 saturated heterocycles.